The van der Waals surface area contributed by atoms with Gasteiger partial charge in [-0.05, 0) is 56.0 Å². The van der Waals surface area contributed by atoms with Gasteiger partial charge in [-0.1, -0.05) is 168 Å². The minimum absolute atomic E-state index is 0.0402. The number of phenolic OH excluding ortho intramolecular Hbond substituents is 1. The van der Waals surface area contributed by atoms with Crippen molar-refractivity contribution < 1.29 is 62.4 Å². The largest absolute Gasteiger partial charge is 0.756 e. The van der Waals surface area contributed by atoms with Crippen LogP contribution in [0.5, 0.6) is 5.75 Å². The Labute approximate surface area is 480 Å². The summed E-state index contributed by atoms with van der Waals surface area (Å²) in [5.74, 6) is -1.90. The van der Waals surface area contributed by atoms with Crippen molar-refractivity contribution in [2.75, 3.05) is 45.2 Å². The Morgan fingerprint density at radius 2 is 1.26 bits per heavy atom. The van der Waals surface area contributed by atoms with E-state index < -0.39 is 45.0 Å². The fraction of sp³-hybridized carbons (Fsp3) is 0.635. The van der Waals surface area contributed by atoms with E-state index in [1.807, 2.05) is 0 Å². The van der Waals surface area contributed by atoms with Crippen molar-refractivity contribution in [1.29, 1.82) is 0 Å². The van der Waals surface area contributed by atoms with Gasteiger partial charge >= 0.3 is 11.9 Å². The van der Waals surface area contributed by atoms with E-state index in [1.54, 1.807) is 29.2 Å². The van der Waals surface area contributed by atoms with Crippen LogP contribution in [0, 0.1) is 5.92 Å². The van der Waals surface area contributed by atoms with Crippen molar-refractivity contribution >= 4 is 53.9 Å². The molecule has 2 unspecified atom stereocenters. The third kappa shape index (κ3) is 24.2. The zero-order valence-corrected chi connectivity index (χ0v) is 49.6. The Morgan fingerprint density at radius 3 is 1.83 bits per heavy atom. The molecule has 17 nitrogen and oxygen atoms in total. The van der Waals surface area contributed by atoms with Gasteiger partial charge in [0.25, 0.3) is 13.7 Å². The molecule has 81 heavy (non-hydrogen) atoms. The number of amides is 2. The number of ether oxygens (including phenoxy) is 2. The highest BCUT2D eigenvalue weighted by molar-refractivity contribution is 7.45. The summed E-state index contributed by atoms with van der Waals surface area (Å²) in [6.07, 6.45) is 30.2. The molecule has 2 aliphatic heterocycles. The minimum Gasteiger partial charge on any atom is -0.756 e. The lowest BCUT2D eigenvalue weighted by atomic mass is 9.89. The van der Waals surface area contributed by atoms with E-state index in [1.165, 1.54) is 140 Å². The molecule has 5 rings (SSSR count). The number of hydrogen-bond acceptors (Lipinski definition) is 14. The third-order valence-corrected chi connectivity index (χ3v) is 16.3. The Balaban J connectivity index is 1.05. The second-order valence-electron chi connectivity index (χ2n) is 22.1. The number of nitrogens with two attached hydrogens (primary N) is 1. The van der Waals surface area contributed by atoms with Crippen LogP contribution >= 0.6 is 7.82 Å². The molecule has 1 aliphatic carbocycles. The van der Waals surface area contributed by atoms with Gasteiger partial charge < -0.3 is 54.6 Å². The maximum absolute atomic E-state index is 14.4. The van der Waals surface area contributed by atoms with Gasteiger partial charge in [-0.15, -0.1) is 0 Å². The zero-order valence-electron chi connectivity index (χ0n) is 48.8. The number of quaternary nitrogens is 1. The molecule has 2 aromatic rings. The van der Waals surface area contributed by atoms with Crippen LogP contribution in [-0.2, 0) is 37.5 Å². The van der Waals surface area contributed by atoms with Gasteiger partial charge in [0.2, 0.25) is 5.91 Å². The van der Waals surface area contributed by atoms with E-state index in [4.69, 9.17) is 28.7 Å². The molecular weight excluding hydrogens is 1050 g/mol. The molecule has 2 heterocycles. The number of piperidine rings is 1. The Kier molecular flexibility index (Phi) is 30.4. The summed E-state index contributed by atoms with van der Waals surface area (Å²) in [5.41, 5.74) is 13.2. The number of rotatable bonds is 41. The first-order valence-electron chi connectivity index (χ1n) is 30.7. The summed E-state index contributed by atoms with van der Waals surface area (Å²) in [4.78, 5) is 80.4. The van der Waals surface area contributed by atoms with Gasteiger partial charge in [-0.25, -0.2) is 0 Å². The molecule has 2 amide bonds. The molecule has 0 aromatic heterocycles. The number of phosphoric ester groups is 1. The summed E-state index contributed by atoms with van der Waals surface area (Å²) in [7, 11) is -4.96. The minimum atomic E-state index is -4.96. The van der Waals surface area contributed by atoms with Gasteiger partial charge in [0, 0.05) is 84.2 Å². The predicted molar refractivity (Wildman–Crippen MR) is 316 cm³/mol. The summed E-state index contributed by atoms with van der Waals surface area (Å²) in [5, 5.41) is 13.6. The maximum atomic E-state index is 14.4. The van der Waals surface area contributed by atoms with Crippen molar-refractivity contribution in [2.45, 2.75) is 213 Å². The molecule has 1 fully saturated rings. The van der Waals surface area contributed by atoms with Crippen LogP contribution in [0.3, 0.4) is 0 Å². The van der Waals surface area contributed by atoms with Gasteiger partial charge in [-0.2, -0.15) is 0 Å². The monoisotopic (exact) mass is 1150 g/mol. The standard InChI is InChI=1S/C63H95N4O13P/c1-3-5-7-9-11-13-15-17-19-21-23-25-27-29-59(70)76-45-50(79-60(71)30-28-26-24-22-20-18-16-14-12-10-8-6-4-2)46-78-81(74,75)77-40-37-66-62(72)47-35-38-67(39-36-47)63(73)54-44-56(65)55(64)43-53(54)61-51-33-31-48(68)41-57(51)80-58-42-49(69)32-34-52(58)61/h31-34,41-44,47,50,68H,3-30,35-40,45-46,64-65H2,1-2H3,(H,66,72)(H,74,75). The van der Waals surface area contributed by atoms with Crippen molar-refractivity contribution in [3.8, 4) is 28.2 Å². The van der Waals surface area contributed by atoms with Crippen LogP contribution in [0.2, 0.25) is 0 Å². The van der Waals surface area contributed by atoms with Crippen LogP contribution in [0.15, 0.2) is 57.7 Å². The van der Waals surface area contributed by atoms with Gasteiger partial charge in [0.05, 0.1) is 18.9 Å². The number of nitrogens with zero attached hydrogens (tertiary/aromatic N) is 1. The molecule has 0 spiro atoms. The third-order valence-electron chi connectivity index (χ3n) is 15.4. The number of hydrogen-bond donors (Lipinski definition) is 4. The van der Waals surface area contributed by atoms with Crippen molar-refractivity contribution in [3.05, 3.63) is 64.3 Å². The Bertz CT molecular complexity index is 2620. The van der Waals surface area contributed by atoms with Crippen LogP contribution in [0.4, 0.5) is 11.4 Å². The number of phosphoric acid groups is 1. The lowest BCUT2D eigenvalue weighted by Gasteiger charge is -2.32. The number of aromatic hydroxyl groups is 1. The Hall–Kier alpha value is -5.32. The first-order valence-corrected chi connectivity index (χ1v) is 32.1. The number of carbonyl (C=O) groups is 4. The normalized spacial score (nSPS) is 14.0. The highest BCUT2D eigenvalue weighted by atomic mass is 31.2. The molecule has 2 aromatic carbocycles. The summed E-state index contributed by atoms with van der Waals surface area (Å²) >= 11 is 0. The first-order chi connectivity index (χ1) is 39.2. The number of nitrogens with one attached hydrogen (secondary N) is 1. The fourth-order valence-corrected chi connectivity index (χ4v) is 11.3. The average Bonchev–Trinajstić information content (AvgIpc) is 3.53. The van der Waals surface area contributed by atoms with E-state index in [2.05, 4.69) is 24.9 Å². The average molecular weight is 1150 g/mol. The van der Waals surface area contributed by atoms with E-state index in [9.17, 15) is 38.5 Å². The van der Waals surface area contributed by atoms with E-state index >= 15 is 0 Å². The number of fused-ring (bicyclic) bond motifs is 2. The molecule has 7 N–H and O–H groups in total. The predicted octanol–water partition coefficient (Wildman–Crippen LogP) is 12.6. The van der Waals surface area contributed by atoms with Crippen LogP contribution in [0.1, 0.15) is 217 Å². The number of esters is 2. The van der Waals surface area contributed by atoms with Crippen LogP contribution < -0.4 is 27.1 Å². The number of likely N-dealkylation sites (tertiary alicyclic amines) is 1. The van der Waals surface area contributed by atoms with E-state index in [0.29, 0.717) is 64.7 Å². The molecule has 0 bridgehead atoms. The lowest BCUT2D eigenvalue weighted by molar-refractivity contribution is -0.253. The molecule has 2 atom stereocenters. The van der Waals surface area contributed by atoms with Gasteiger partial charge in [0.1, 0.15) is 23.7 Å². The van der Waals surface area contributed by atoms with Crippen molar-refractivity contribution in [2.24, 2.45) is 5.92 Å². The number of anilines is 1. The lowest BCUT2D eigenvalue weighted by Crippen LogP contribution is -2.44. The van der Waals surface area contributed by atoms with Gasteiger partial charge in [-0.3, -0.25) is 28.5 Å². The smallest absolute Gasteiger partial charge is 0.306 e. The van der Waals surface area contributed by atoms with Crippen LogP contribution in [-0.4, -0.2) is 79.3 Å². The molecule has 0 radical (unpaired) electrons. The number of carbonyl (C=O) groups excluding carboxylic acids is 4. The van der Waals surface area contributed by atoms with Crippen LogP contribution in [0.25, 0.3) is 33.4 Å². The van der Waals surface area contributed by atoms with Crippen molar-refractivity contribution in [3.63, 3.8) is 0 Å². The maximum Gasteiger partial charge on any atom is 0.306 e. The summed E-state index contributed by atoms with van der Waals surface area (Å²) in [6.45, 7) is 3.37. The quantitative estimate of drug-likeness (QED) is 0.0106. The molecule has 1 saturated heterocycles. The number of nitrogen functional groups attached to an aromatic ring is 1. The van der Waals surface area contributed by atoms with E-state index in [0.717, 1.165) is 38.5 Å². The molecular formula is C63H95N4O13P. The topological polar surface area (TPSA) is 265 Å². The molecule has 18 heteroatoms. The zero-order chi connectivity index (χ0) is 58.2. The number of benzene rings is 3. The highest BCUT2D eigenvalue weighted by Crippen LogP contribution is 2.44. The number of phenols is 1. The highest BCUT2D eigenvalue weighted by Gasteiger charge is 2.31. The SMILES string of the molecule is CCCCCCCCCCCCCCCC(=O)OCC(COP(=O)([O-])OCCNC(=O)C1CCN(C(=O)c2cc(N)c([NH3+])cc2-c2c3ccc(=O)cc-3oc3cc(O)ccc23)CC1)OC(=O)CCCCCCCCCCCCCCC. The Morgan fingerprint density at radius 1 is 0.716 bits per heavy atom. The fourth-order valence-electron chi connectivity index (χ4n) is 10.6. The summed E-state index contributed by atoms with van der Waals surface area (Å²) in [6, 6.07) is 12.3. The summed E-state index contributed by atoms with van der Waals surface area (Å²) < 4.78 is 40.3. The molecule has 0 saturated carbocycles. The second-order valence-corrected chi connectivity index (χ2v) is 23.5. The van der Waals surface area contributed by atoms with Gasteiger partial charge in [0.15, 0.2) is 17.2 Å². The molecule has 450 valence electrons. The van der Waals surface area contributed by atoms with Crippen molar-refractivity contribution in [1.82, 2.24) is 10.2 Å². The van der Waals surface area contributed by atoms with E-state index in [-0.39, 0.29) is 73.4 Å². The molecule has 3 aliphatic rings. The first kappa shape index (κ1) is 66.5. The number of unbranched alkanes of at least 4 members (excludes halogenated alkanes) is 24. The second kappa shape index (κ2) is 37.0.